The van der Waals surface area contributed by atoms with Gasteiger partial charge in [-0.05, 0) is 36.4 Å². The Labute approximate surface area is 124 Å². The van der Waals surface area contributed by atoms with Crippen LogP contribution in [0.25, 0.3) is 21.8 Å². The molecule has 6 heteroatoms. The summed E-state index contributed by atoms with van der Waals surface area (Å²) in [7, 11) is 0. The fourth-order valence-corrected chi connectivity index (χ4v) is 2.75. The van der Waals surface area contributed by atoms with E-state index in [4.69, 9.17) is 5.73 Å². The van der Waals surface area contributed by atoms with Gasteiger partial charge in [0, 0.05) is 34.3 Å². The number of anilines is 1. The van der Waals surface area contributed by atoms with E-state index in [0.29, 0.717) is 5.69 Å². The summed E-state index contributed by atoms with van der Waals surface area (Å²) >= 11 is 1.53. The smallest absolute Gasteiger partial charge is 0.269 e. The molecule has 0 saturated heterocycles. The Morgan fingerprint density at radius 3 is 2.24 bits per heavy atom. The van der Waals surface area contributed by atoms with E-state index in [1.54, 1.807) is 12.1 Å². The molecular weight excluding hydrogens is 286 g/mol. The Morgan fingerprint density at radius 1 is 1.00 bits per heavy atom. The van der Waals surface area contributed by atoms with Crippen molar-refractivity contribution < 1.29 is 4.92 Å². The molecule has 0 fully saturated rings. The van der Waals surface area contributed by atoms with Gasteiger partial charge in [-0.1, -0.05) is 0 Å². The van der Waals surface area contributed by atoms with Gasteiger partial charge in [-0.25, -0.2) is 4.98 Å². The minimum Gasteiger partial charge on any atom is -0.399 e. The molecule has 3 rings (SSSR count). The lowest BCUT2D eigenvalue weighted by molar-refractivity contribution is -0.384. The van der Waals surface area contributed by atoms with Gasteiger partial charge in [0.2, 0.25) is 0 Å². The van der Waals surface area contributed by atoms with Gasteiger partial charge >= 0.3 is 0 Å². The molecule has 21 heavy (non-hydrogen) atoms. The molecule has 3 aromatic rings. The minimum absolute atomic E-state index is 0.0766. The fraction of sp³-hybridized carbons (Fsp3) is 0. The van der Waals surface area contributed by atoms with E-state index in [2.05, 4.69) is 4.98 Å². The Balaban J connectivity index is 1.90. The third-order valence-corrected chi connectivity index (χ3v) is 3.93. The highest BCUT2D eigenvalue weighted by Gasteiger charge is 2.09. The molecule has 1 aromatic heterocycles. The summed E-state index contributed by atoms with van der Waals surface area (Å²) in [5.74, 6) is 0. The summed E-state index contributed by atoms with van der Waals surface area (Å²) in [6.07, 6.45) is 0. The van der Waals surface area contributed by atoms with Crippen molar-refractivity contribution in [2.24, 2.45) is 0 Å². The summed E-state index contributed by atoms with van der Waals surface area (Å²) < 4.78 is 0. The molecule has 2 aromatic carbocycles. The molecule has 0 radical (unpaired) electrons. The minimum atomic E-state index is -0.412. The summed E-state index contributed by atoms with van der Waals surface area (Å²) in [6, 6.07) is 13.9. The zero-order chi connectivity index (χ0) is 14.8. The van der Waals surface area contributed by atoms with E-state index in [9.17, 15) is 10.1 Å². The van der Waals surface area contributed by atoms with Gasteiger partial charge in [0.25, 0.3) is 5.69 Å². The van der Waals surface area contributed by atoms with Gasteiger partial charge in [-0.15, -0.1) is 11.3 Å². The van der Waals surface area contributed by atoms with Crippen LogP contribution in [0.1, 0.15) is 0 Å². The molecular formula is C15H11N3O2S. The molecule has 104 valence electrons. The Kier molecular flexibility index (Phi) is 3.37. The highest BCUT2D eigenvalue weighted by Crippen LogP contribution is 2.30. The number of nitro benzene ring substituents is 1. The van der Waals surface area contributed by atoms with Crippen molar-refractivity contribution in [2.75, 3.05) is 5.73 Å². The second kappa shape index (κ2) is 5.34. The van der Waals surface area contributed by atoms with Gasteiger partial charge < -0.3 is 5.73 Å². The predicted octanol–water partition coefficient (Wildman–Crippen LogP) is 3.97. The van der Waals surface area contributed by atoms with Crippen molar-refractivity contribution in [3.8, 4) is 21.8 Å². The number of nitrogen functional groups attached to an aromatic ring is 1. The number of rotatable bonds is 3. The van der Waals surface area contributed by atoms with Gasteiger partial charge in [0.15, 0.2) is 0 Å². The summed E-state index contributed by atoms with van der Waals surface area (Å²) in [5, 5.41) is 13.5. The standard InChI is InChI=1S/C15H11N3O2S/c16-12-5-1-11(2-6-12)15-17-14(9-21-15)10-3-7-13(8-4-10)18(19)20/h1-9H,16H2. The average Bonchev–Trinajstić information content (AvgIpc) is 2.98. The molecule has 0 spiro atoms. The maximum atomic E-state index is 10.6. The van der Waals surface area contributed by atoms with Crippen molar-refractivity contribution in [3.63, 3.8) is 0 Å². The Morgan fingerprint density at radius 2 is 1.62 bits per heavy atom. The molecule has 0 bridgehead atoms. The van der Waals surface area contributed by atoms with E-state index in [1.807, 2.05) is 29.6 Å². The van der Waals surface area contributed by atoms with Crippen molar-refractivity contribution >= 4 is 22.7 Å². The van der Waals surface area contributed by atoms with Crippen molar-refractivity contribution in [2.45, 2.75) is 0 Å². The topological polar surface area (TPSA) is 82.0 Å². The first-order valence-corrected chi connectivity index (χ1v) is 7.08. The molecule has 0 aliphatic carbocycles. The summed E-state index contributed by atoms with van der Waals surface area (Å²) in [4.78, 5) is 14.8. The fourth-order valence-electron chi connectivity index (χ4n) is 1.92. The van der Waals surface area contributed by atoms with Crippen LogP contribution in [0.3, 0.4) is 0 Å². The molecule has 0 aliphatic heterocycles. The lowest BCUT2D eigenvalue weighted by atomic mass is 10.1. The first kappa shape index (κ1) is 13.3. The van der Waals surface area contributed by atoms with Crippen LogP contribution in [0.2, 0.25) is 0 Å². The van der Waals surface area contributed by atoms with Crippen LogP contribution < -0.4 is 5.73 Å². The van der Waals surface area contributed by atoms with Crippen molar-refractivity contribution in [3.05, 3.63) is 64.0 Å². The summed E-state index contributed by atoms with van der Waals surface area (Å²) in [6.45, 7) is 0. The average molecular weight is 297 g/mol. The number of hydrogen-bond acceptors (Lipinski definition) is 5. The second-order valence-corrected chi connectivity index (χ2v) is 5.32. The number of benzene rings is 2. The van der Waals surface area contributed by atoms with Crippen LogP contribution in [0.15, 0.2) is 53.9 Å². The highest BCUT2D eigenvalue weighted by atomic mass is 32.1. The first-order valence-electron chi connectivity index (χ1n) is 6.20. The number of hydrogen-bond donors (Lipinski definition) is 1. The van der Waals surface area contributed by atoms with E-state index in [-0.39, 0.29) is 5.69 Å². The maximum absolute atomic E-state index is 10.6. The van der Waals surface area contributed by atoms with Crippen molar-refractivity contribution in [1.82, 2.24) is 4.98 Å². The molecule has 2 N–H and O–H groups in total. The van der Waals surface area contributed by atoms with E-state index >= 15 is 0 Å². The van der Waals surface area contributed by atoms with Gasteiger partial charge in [-0.3, -0.25) is 10.1 Å². The third kappa shape index (κ3) is 2.75. The van der Waals surface area contributed by atoms with Crippen LogP contribution in [0, 0.1) is 10.1 Å². The lowest BCUT2D eigenvalue weighted by Gasteiger charge is -1.98. The highest BCUT2D eigenvalue weighted by molar-refractivity contribution is 7.13. The van der Waals surface area contributed by atoms with E-state index in [1.165, 1.54) is 23.5 Å². The zero-order valence-corrected chi connectivity index (χ0v) is 11.7. The zero-order valence-electron chi connectivity index (χ0n) is 10.9. The number of nitrogens with zero attached hydrogens (tertiary/aromatic N) is 2. The van der Waals surface area contributed by atoms with Crippen molar-refractivity contribution in [1.29, 1.82) is 0 Å². The molecule has 0 atom stereocenters. The number of thiazole rings is 1. The Hall–Kier alpha value is -2.73. The SMILES string of the molecule is Nc1ccc(-c2nc(-c3ccc([N+](=O)[O-])cc3)cs2)cc1. The third-order valence-electron chi connectivity index (χ3n) is 3.04. The molecule has 0 unspecified atom stereocenters. The molecule has 0 aliphatic rings. The molecule has 1 heterocycles. The largest absolute Gasteiger partial charge is 0.399 e. The van der Waals surface area contributed by atoms with Crippen LogP contribution >= 0.6 is 11.3 Å². The van der Waals surface area contributed by atoms with Crippen LogP contribution in [0.5, 0.6) is 0 Å². The monoisotopic (exact) mass is 297 g/mol. The first-order chi connectivity index (χ1) is 10.1. The van der Waals surface area contributed by atoms with Gasteiger partial charge in [-0.2, -0.15) is 0 Å². The Bertz CT molecular complexity index is 779. The predicted molar refractivity (Wildman–Crippen MR) is 84.1 cm³/mol. The maximum Gasteiger partial charge on any atom is 0.269 e. The second-order valence-electron chi connectivity index (χ2n) is 4.46. The number of nitrogens with two attached hydrogens (primary N) is 1. The molecule has 5 nitrogen and oxygen atoms in total. The van der Waals surface area contributed by atoms with Gasteiger partial charge in [0.1, 0.15) is 5.01 Å². The van der Waals surface area contributed by atoms with Crippen LogP contribution in [0.4, 0.5) is 11.4 Å². The molecule has 0 amide bonds. The normalized spacial score (nSPS) is 10.5. The van der Waals surface area contributed by atoms with Crippen LogP contribution in [-0.2, 0) is 0 Å². The van der Waals surface area contributed by atoms with E-state index < -0.39 is 4.92 Å². The lowest BCUT2D eigenvalue weighted by Crippen LogP contribution is -1.87. The number of non-ortho nitro benzene ring substituents is 1. The number of nitro groups is 1. The van der Waals surface area contributed by atoms with Crippen LogP contribution in [-0.4, -0.2) is 9.91 Å². The summed E-state index contributed by atoms with van der Waals surface area (Å²) in [5.41, 5.74) is 9.13. The number of aromatic nitrogens is 1. The quantitative estimate of drug-likeness (QED) is 0.450. The van der Waals surface area contributed by atoms with E-state index in [0.717, 1.165) is 21.8 Å². The van der Waals surface area contributed by atoms with Gasteiger partial charge in [0.05, 0.1) is 10.6 Å². The molecule has 0 saturated carbocycles.